The predicted molar refractivity (Wildman–Crippen MR) is 105 cm³/mol. The van der Waals surface area contributed by atoms with Crippen molar-refractivity contribution in [1.29, 1.82) is 0 Å². The number of ether oxygens (including phenoxy) is 1. The number of carbonyl (C=O) groups excluding carboxylic acids is 1. The van der Waals surface area contributed by atoms with Gasteiger partial charge in [0.05, 0.1) is 0 Å². The van der Waals surface area contributed by atoms with Gasteiger partial charge in [0.2, 0.25) is 0 Å². The molecule has 0 radical (unpaired) electrons. The maximum atomic E-state index is 11.3. The molecule has 0 saturated carbocycles. The molecule has 0 amide bonds. The summed E-state index contributed by atoms with van der Waals surface area (Å²) >= 11 is 0. The van der Waals surface area contributed by atoms with Crippen molar-refractivity contribution in [3.63, 3.8) is 0 Å². The van der Waals surface area contributed by atoms with Gasteiger partial charge in [-0.2, -0.15) is 0 Å². The van der Waals surface area contributed by atoms with Crippen LogP contribution in [0, 0.1) is 0 Å². The minimum Gasteiger partial charge on any atom is -0.462 e. The molecule has 0 bridgehead atoms. The Morgan fingerprint density at radius 1 is 1.00 bits per heavy atom. The number of hydrogen-bond donors (Lipinski definition) is 0. The Bertz CT molecular complexity index is 666. The van der Waals surface area contributed by atoms with E-state index in [2.05, 4.69) is 16.9 Å². The summed E-state index contributed by atoms with van der Waals surface area (Å²) in [6, 6.07) is 8.15. The molecule has 0 N–H and O–H groups in total. The van der Waals surface area contributed by atoms with Crippen molar-refractivity contribution < 1.29 is 9.53 Å². The van der Waals surface area contributed by atoms with Crippen molar-refractivity contribution in [1.82, 2.24) is 9.97 Å². The van der Waals surface area contributed by atoms with Crippen molar-refractivity contribution in [2.75, 3.05) is 0 Å². The fraction of sp³-hybridized carbons (Fsp3) is 0.500. The molecule has 0 aliphatic heterocycles. The number of carbonyl (C=O) groups is 1. The molecule has 1 unspecified atom stereocenters. The van der Waals surface area contributed by atoms with E-state index in [9.17, 15) is 4.79 Å². The van der Waals surface area contributed by atoms with Crippen LogP contribution in [-0.2, 0) is 22.4 Å². The van der Waals surface area contributed by atoms with Gasteiger partial charge in [-0.05, 0) is 30.9 Å². The van der Waals surface area contributed by atoms with Gasteiger partial charge in [-0.1, -0.05) is 57.4 Å². The van der Waals surface area contributed by atoms with Crippen molar-refractivity contribution in [3.05, 3.63) is 47.8 Å². The first-order chi connectivity index (χ1) is 12.6. The number of benzene rings is 1. The summed E-state index contributed by atoms with van der Waals surface area (Å²) in [5, 5.41) is 0. The number of unbranched alkanes of at least 4 members (excludes halogenated alkanes) is 3. The lowest BCUT2D eigenvalue weighted by molar-refractivity contribution is -0.147. The molecule has 0 aliphatic carbocycles. The molecule has 1 aromatic heterocycles. The summed E-state index contributed by atoms with van der Waals surface area (Å²) in [6.45, 7) is 5.95. The van der Waals surface area contributed by atoms with Gasteiger partial charge in [-0.15, -0.1) is 0 Å². The lowest BCUT2D eigenvalue weighted by atomic mass is 10.1. The van der Waals surface area contributed by atoms with E-state index in [-0.39, 0.29) is 12.1 Å². The number of nitrogens with zero attached hydrogens (tertiary/aromatic N) is 2. The lowest BCUT2D eigenvalue weighted by Crippen LogP contribution is -2.16. The molecule has 2 aromatic rings. The highest BCUT2D eigenvalue weighted by Gasteiger charge is 2.09. The molecule has 0 aliphatic rings. The molecule has 0 fully saturated rings. The Morgan fingerprint density at radius 2 is 1.69 bits per heavy atom. The highest BCUT2D eigenvalue weighted by molar-refractivity contribution is 5.69. The predicted octanol–water partition coefficient (Wildman–Crippen LogP) is 5.15. The fourth-order valence-electron chi connectivity index (χ4n) is 2.86. The number of aryl methyl sites for hydroxylation is 1. The largest absolute Gasteiger partial charge is 0.462 e. The van der Waals surface area contributed by atoms with Crippen LogP contribution >= 0.6 is 0 Å². The van der Waals surface area contributed by atoms with Crippen LogP contribution in [0.5, 0.6) is 0 Å². The van der Waals surface area contributed by atoms with Crippen molar-refractivity contribution in [3.8, 4) is 11.4 Å². The Balaban J connectivity index is 1.90. The zero-order valence-electron chi connectivity index (χ0n) is 16.2. The summed E-state index contributed by atoms with van der Waals surface area (Å²) < 4.78 is 5.32. The molecule has 4 nitrogen and oxygen atoms in total. The molecule has 26 heavy (non-hydrogen) atoms. The normalized spacial score (nSPS) is 12.0. The summed E-state index contributed by atoms with van der Waals surface area (Å²) in [5.41, 5.74) is 3.34. The first-order valence-corrected chi connectivity index (χ1v) is 9.72. The Labute approximate surface area is 157 Å². The van der Waals surface area contributed by atoms with E-state index in [1.54, 1.807) is 6.92 Å². The number of hydrogen-bond acceptors (Lipinski definition) is 4. The van der Waals surface area contributed by atoms with Crippen LogP contribution in [0.25, 0.3) is 11.4 Å². The highest BCUT2D eigenvalue weighted by atomic mass is 16.5. The van der Waals surface area contributed by atoms with Crippen LogP contribution in [-0.4, -0.2) is 22.0 Å². The van der Waals surface area contributed by atoms with Gasteiger partial charge in [0.25, 0.3) is 0 Å². The molecule has 140 valence electrons. The van der Waals surface area contributed by atoms with Gasteiger partial charge in [-0.3, -0.25) is 4.79 Å². The molecular weight excluding hydrogens is 324 g/mol. The lowest BCUT2D eigenvalue weighted by Gasteiger charge is -2.13. The number of esters is 1. The molecule has 1 aromatic carbocycles. The third kappa shape index (κ3) is 6.58. The van der Waals surface area contributed by atoms with Crippen LogP contribution in [0.3, 0.4) is 0 Å². The molecule has 0 spiro atoms. The summed E-state index contributed by atoms with van der Waals surface area (Å²) in [7, 11) is 0. The van der Waals surface area contributed by atoms with Gasteiger partial charge < -0.3 is 4.74 Å². The molecule has 4 heteroatoms. The summed E-state index contributed by atoms with van der Waals surface area (Å²) in [4.78, 5) is 20.4. The van der Waals surface area contributed by atoms with Crippen molar-refractivity contribution >= 4 is 5.97 Å². The van der Waals surface area contributed by atoms with Gasteiger partial charge in [0.15, 0.2) is 5.82 Å². The average molecular weight is 354 g/mol. The molecule has 1 heterocycles. The third-order valence-electron chi connectivity index (χ3n) is 4.38. The van der Waals surface area contributed by atoms with Gasteiger partial charge in [0, 0.05) is 30.8 Å². The Kier molecular flexibility index (Phi) is 8.26. The van der Waals surface area contributed by atoms with E-state index in [0.29, 0.717) is 12.8 Å². The Morgan fingerprint density at radius 3 is 2.31 bits per heavy atom. The fourth-order valence-corrected chi connectivity index (χ4v) is 2.86. The van der Waals surface area contributed by atoms with E-state index in [4.69, 9.17) is 4.74 Å². The summed E-state index contributed by atoms with van der Waals surface area (Å²) in [5.74, 6) is 0.594. The standard InChI is InChI=1S/C22H30N2O2/c1-4-6-7-8-9-19-15-23-22(24-16-19)20-12-10-18(11-13-20)14-17(3)26-21(25)5-2/h10-13,15-17H,4-9,14H2,1-3H3. The van der Waals surface area contributed by atoms with Crippen molar-refractivity contribution in [2.45, 2.75) is 71.8 Å². The van der Waals surface area contributed by atoms with Gasteiger partial charge in [-0.25, -0.2) is 9.97 Å². The van der Waals surface area contributed by atoms with E-state index in [1.807, 2.05) is 43.6 Å². The second-order valence-electron chi connectivity index (χ2n) is 6.78. The monoisotopic (exact) mass is 354 g/mol. The minimum atomic E-state index is -0.155. The topological polar surface area (TPSA) is 52.1 Å². The van der Waals surface area contributed by atoms with Gasteiger partial charge in [0.1, 0.15) is 6.10 Å². The van der Waals surface area contributed by atoms with Crippen LogP contribution < -0.4 is 0 Å². The van der Waals surface area contributed by atoms with E-state index in [1.165, 1.54) is 31.2 Å². The number of rotatable bonds is 10. The quantitative estimate of drug-likeness (QED) is 0.437. The van der Waals surface area contributed by atoms with E-state index < -0.39 is 0 Å². The smallest absolute Gasteiger partial charge is 0.305 e. The SMILES string of the molecule is CCCCCCc1cnc(-c2ccc(CC(C)OC(=O)CC)cc2)nc1. The highest BCUT2D eigenvalue weighted by Crippen LogP contribution is 2.17. The van der Waals surface area contributed by atoms with Crippen molar-refractivity contribution in [2.24, 2.45) is 0 Å². The maximum Gasteiger partial charge on any atom is 0.305 e. The summed E-state index contributed by atoms with van der Waals surface area (Å²) in [6.07, 6.45) is 11.0. The Hall–Kier alpha value is -2.23. The van der Waals surface area contributed by atoms with Crippen LogP contribution in [0.2, 0.25) is 0 Å². The number of aromatic nitrogens is 2. The minimum absolute atomic E-state index is 0.114. The maximum absolute atomic E-state index is 11.3. The van der Waals surface area contributed by atoms with E-state index in [0.717, 1.165) is 23.4 Å². The van der Waals surface area contributed by atoms with Crippen LogP contribution in [0.4, 0.5) is 0 Å². The molecule has 0 saturated heterocycles. The zero-order chi connectivity index (χ0) is 18.8. The molecular formula is C22H30N2O2. The van der Waals surface area contributed by atoms with Crippen LogP contribution in [0.1, 0.15) is 64.0 Å². The van der Waals surface area contributed by atoms with Gasteiger partial charge >= 0.3 is 5.97 Å². The second kappa shape index (κ2) is 10.7. The zero-order valence-corrected chi connectivity index (χ0v) is 16.2. The molecule has 1 atom stereocenters. The third-order valence-corrected chi connectivity index (χ3v) is 4.38. The first kappa shape index (κ1) is 20.1. The van der Waals surface area contributed by atoms with Crippen LogP contribution in [0.15, 0.2) is 36.7 Å². The first-order valence-electron chi connectivity index (χ1n) is 9.72. The molecule has 2 rings (SSSR count). The second-order valence-corrected chi connectivity index (χ2v) is 6.78. The average Bonchev–Trinajstić information content (AvgIpc) is 2.66. The van der Waals surface area contributed by atoms with E-state index >= 15 is 0 Å².